The van der Waals surface area contributed by atoms with E-state index in [0.717, 1.165) is 21.9 Å². The number of amides is 2. The lowest BCUT2D eigenvalue weighted by Gasteiger charge is -2.38. The van der Waals surface area contributed by atoms with Crippen molar-refractivity contribution in [2.75, 3.05) is 38.2 Å². The molecule has 1 N–H and O–H groups in total. The van der Waals surface area contributed by atoms with Gasteiger partial charge in [0.2, 0.25) is 3.79 Å². The third-order valence-electron chi connectivity index (χ3n) is 7.43. The quantitative estimate of drug-likeness (QED) is 0.126. The van der Waals surface area contributed by atoms with Gasteiger partial charge < -0.3 is 23.8 Å². The molecule has 2 unspecified atom stereocenters. The van der Waals surface area contributed by atoms with E-state index in [1.807, 2.05) is 42.5 Å². The van der Waals surface area contributed by atoms with Gasteiger partial charge in [0.15, 0.2) is 0 Å². The Labute approximate surface area is 282 Å². The topological polar surface area (TPSA) is 99.2 Å². The van der Waals surface area contributed by atoms with Crippen LogP contribution in [-0.4, -0.2) is 64.9 Å². The Kier molecular flexibility index (Phi) is 11.8. The largest absolute Gasteiger partial charge is 0.493 e. The van der Waals surface area contributed by atoms with Gasteiger partial charge in [-0.3, -0.25) is 5.32 Å². The molecule has 0 spiro atoms. The summed E-state index contributed by atoms with van der Waals surface area (Å²) in [6.07, 6.45) is 1.26. The fourth-order valence-electron chi connectivity index (χ4n) is 5.23. The Hall–Kier alpha value is -3.76. The Morgan fingerprint density at radius 1 is 0.913 bits per heavy atom. The highest BCUT2D eigenvalue weighted by molar-refractivity contribution is 6.67. The summed E-state index contributed by atoms with van der Waals surface area (Å²) in [5.41, 5.74) is 2.06. The molecule has 0 radical (unpaired) electrons. The van der Waals surface area contributed by atoms with E-state index >= 15 is 0 Å². The first-order valence-electron chi connectivity index (χ1n) is 14.9. The SMILES string of the molecule is O=C(Nc1ccccn1)OCCCOc1cccc(C2CCN(C(=O)OCC(Cl)(Cl)Cl)CC2OCc2ccc3ccccc3c2)c1. The number of aromatic nitrogens is 1. The monoisotopic (exact) mass is 685 g/mol. The number of likely N-dealkylation sites (tertiary alicyclic amines) is 1. The molecule has 2 atom stereocenters. The number of benzene rings is 3. The van der Waals surface area contributed by atoms with Crippen molar-refractivity contribution in [2.24, 2.45) is 0 Å². The highest BCUT2D eigenvalue weighted by Gasteiger charge is 2.35. The Balaban J connectivity index is 1.19. The second-order valence-corrected chi connectivity index (χ2v) is 13.3. The number of carbonyl (C=O) groups is 2. The second kappa shape index (κ2) is 16.2. The first-order valence-corrected chi connectivity index (χ1v) is 16.0. The molecule has 46 heavy (non-hydrogen) atoms. The molecule has 9 nitrogen and oxygen atoms in total. The minimum Gasteiger partial charge on any atom is -0.493 e. The zero-order valence-corrected chi connectivity index (χ0v) is 27.2. The van der Waals surface area contributed by atoms with Crippen LogP contribution in [0.1, 0.15) is 29.9 Å². The predicted octanol–water partition coefficient (Wildman–Crippen LogP) is 8.13. The summed E-state index contributed by atoms with van der Waals surface area (Å²) >= 11 is 17.4. The first-order chi connectivity index (χ1) is 22.2. The normalized spacial score (nSPS) is 16.5. The lowest BCUT2D eigenvalue weighted by Crippen LogP contribution is -2.47. The van der Waals surface area contributed by atoms with Crippen LogP contribution >= 0.6 is 34.8 Å². The van der Waals surface area contributed by atoms with Gasteiger partial charge in [-0.05, 0) is 58.7 Å². The number of rotatable bonds is 11. The number of carbonyl (C=O) groups excluding carboxylic acids is 2. The molecule has 12 heteroatoms. The van der Waals surface area contributed by atoms with Gasteiger partial charge in [-0.2, -0.15) is 0 Å². The molecule has 1 aliphatic rings. The Morgan fingerprint density at radius 3 is 2.54 bits per heavy atom. The number of halogens is 3. The predicted molar refractivity (Wildman–Crippen MR) is 179 cm³/mol. The minimum absolute atomic E-state index is 0.0140. The van der Waals surface area contributed by atoms with Crippen LogP contribution in [0.3, 0.4) is 0 Å². The molecule has 1 aliphatic heterocycles. The van der Waals surface area contributed by atoms with Gasteiger partial charge in [0.05, 0.1) is 32.5 Å². The van der Waals surface area contributed by atoms with E-state index in [0.29, 0.717) is 50.7 Å². The van der Waals surface area contributed by atoms with E-state index in [1.54, 1.807) is 29.3 Å². The first kappa shape index (κ1) is 33.6. The van der Waals surface area contributed by atoms with Crippen molar-refractivity contribution in [1.82, 2.24) is 9.88 Å². The maximum Gasteiger partial charge on any atom is 0.412 e. The molecule has 0 aliphatic carbocycles. The molecule has 2 heterocycles. The van der Waals surface area contributed by atoms with Crippen molar-refractivity contribution in [3.63, 3.8) is 0 Å². The van der Waals surface area contributed by atoms with Crippen molar-refractivity contribution >= 4 is 63.6 Å². The number of fused-ring (bicyclic) bond motifs is 1. The van der Waals surface area contributed by atoms with Crippen molar-refractivity contribution in [3.8, 4) is 5.75 Å². The van der Waals surface area contributed by atoms with E-state index in [1.165, 1.54) is 0 Å². The average molecular weight is 687 g/mol. The maximum absolute atomic E-state index is 12.8. The van der Waals surface area contributed by atoms with Crippen LogP contribution in [0.2, 0.25) is 0 Å². The number of hydrogen-bond acceptors (Lipinski definition) is 7. The average Bonchev–Trinajstić information content (AvgIpc) is 3.06. The smallest absolute Gasteiger partial charge is 0.412 e. The number of anilines is 1. The standard InChI is InChI=1S/C34H34Cl3N3O6/c35-34(36,37)23-46-33(42)40-16-14-29(30(21-40)45-22-24-12-13-25-7-1-2-8-26(25)19-24)27-9-5-10-28(20-27)43-17-6-18-44-32(41)39-31-11-3-4-15-38-31/h1-5,7-13,15,19-20,29-30H,6,14,16-18,21-23H2,(H,38,39,41). The van der Waals surface area contributed by atoms with Gasteiger partial charge in [0.25, 0.3) is 0 Å². The number of hydrogen-bond donors (Lipinski definition) is 1. The van der Waals surface area contributed by atoms with Gasteiger partial charge in [-0.1, -0.05) is 89.4 Å². The van der Waals surface area contributed by atoms with Crippen LogP contribution < -0.4 is 10.1 Å². The molecular formula is C34H34Cl3N3O6. The summed E-state index contributed by atoms with van der Waals surface area (Å²) < 4.78 is 21.3. The lowest BCUT2D eigenvalue weighted by atomic mass is 9.87. The van der Waals surface area contributed by atoms with E-state index < -0.39 is 16.0 Å². The molecule has 0 saturated carbocycles. The fourth-order valence-corrected chi connectivity index (χ4v) is 5.39. The summed E-state index contributed by atoms with van der Waals surface area (Å²) in [6, 6.07) is 27.4. The lowest BCUT2D eigenvalue weighted by molar-refractivity contribution is -0.0236. The van der Waals surface area contributed by atoms with Gasteiger partial charge in [0.1, 0.15) is 18.2 Å². The molecule has 1 aromatic heterocycles. The van der Waals surface area contributed by atoms with Crippen LogP contribution in [0.5, 0.6) is 5.75 Å². The summed E-state index contributed by atoms with van der Waals surface area (Å²) in [7, 11) is 0. The number of pyridine rings is 1. The zero-order valence-electron chi connectivity index (χ0n) is 24.9. The minimum atomic E-state index is -1.70. The van der Waals surface area contributed by atoms with E-state index in [9.17, 15) is 9.59 Å². The van der Waals surface area contributed by atoms with E-state index in [-0.39, 0.29) is 25.2 Å². The van der Waals surface area contributed by atoms with Gasteiger partial charge in [-0.25, -0.2) is 14.6 Å². The van der Waals surface area contributed by atoms with Gasteiger partial charge >= 0.3 is 12.2 Å². The third-order valence-corrected chi connectivity index (χ3v) is 7.75. The Bertz CT molecular complexity index is 1600. The second-order valence-electron chi connectivity index (χ2n) is 10.8. The highest BCUT2D eigenvalue weighted by atomic mass is 35.6. The highest BCUT2D eigenvalue weighted by Crippen LogP contribution is 2.34. The summed E-state index contributed by atoms with van der Waals surface area (Å²) in [6.45, 7) is 1.32. The van der Waals surface area contributed by atoms with Crippen LogP contribution in [0.25, 0.3) is 10.8 Å². The number of nitrogens with one attached hydrogen (secondary N) is 1. The molecule has 242 valence electrons. The molecule has 2 amide bonds. The van der Waals surface area contributed by atoms with Crippen LogP contribution in [0.4, 0.5) is 15.4 Å². The van der Waals surface area contributed by atoms with Crippen LogP contribution in [0.15, 0.2) is 91.1 Å². The van der Waals surface area contributed by atoms with Crippen LogP contribution in [0, 0.1) is 0 Å². The molecule has 1 fully saturated rings. The number of ether oxygens (including phenoxy) is 4. The molecule has 4 aromatic rings. The molecule has 0 bridgehead atoms. The van der Waals surface area contributed by atoms with E-state index in [4.69, 9.17) is 53.8 Å². The van der Waals surface area contributed by atoms with Crippen molar-refractivity contribution < 1.29 is 28.5 Å². The van der Waals surface area contributed by atoms with Gasteiger partial charge in [0, 0.05) is 25.1 Å². The fraction of sp³-hybridized carbons (Fsp3) is 0.324. The van der Waals surface area contributed by atoms with Crippen molar-refractivity contribution in [2.45, 2.75) is 35.3 Å². The number of piperidine rings is 1. The molecule has 5 rings (SSSR count). The number of nitrogens with zero attached hydrogens (tertiary/aromatic N) is 2. The molecule has 1 saturated heterocycles. The van der Waals surface area contributed by atoms with Crippen molar-refractivity contribution in [3.05, 3.63) is 102 Å². The summed E-state index contributed by atoms with van der Waals surface area (Å²) in [5.74, 6) is 1.10. The molecule has 3 aromatic carbocycles. The maximum atomic E-state index is 12.8. The van der Waals surface area contributed by atoms with E-state index in [2.05, 4.69) is 34.6 Å². The summed E-state index contributed by atoms with van der Waals surface area (Å²) in [4.78, 5) is 30.4. The van der Waals surface area contributed by atoms with Gasteiger partial charge in [-0.15, -0.1) is 0 Å². The van der Waals surface area contributed by atoms with Crippen molar-refractivity contribution in [1.29, 1.82) is 0 Å². The zero-order chi connectivity index (χ0) is 32.4. The number of alkyl halides is 3. The summed E-state index contributed by atoms with van der Waals surface area (Å²) in [5, 5.41) is 4.86. The van der Waals surface area contributed by atoms with Crippen LogP contribution in [-0.2, 0) is 20.8 Å². The third kappa shape index (κ3) is 10.1. The Morgan fingerprint density at radius 2 is 1.74 bits per heavy atom. The molecular weight excluding hydrogens is 653 g/mol.